The van der Waals surface area contributed by atoms with Crippen molar-refractivity contribution >= 4 is 11.6 Å². The van der Waals surface area contributed by atoms with Crippen LogP contribution in [0.25, 0.3) is 11.4 Å². The van der Waals surface area contributed by atoms with Crippen LogP contribution in [0, 0.1) is 0 Å². The monoisotopic (exact) mass is 208 g/mol. The van der Waals surface area contributed by atoms with Crippen LogP contribution in [0.15, 0.2) is 30.6 Å². The van der Waals surface area contributed by atoms with Gasteiger partial charge >= 0.3 is 0 Å². The Kier molecular flexibility index (Phi) is 2.25. The van der Waals surface area contributed by atoms with E-state index in [2.05, 4.69) is 5.10 Å². The van der Waals surface area contributed by atoms with Crippen molar-refractivity contribution in [3.8, 4) is 11.4 Å². The first-order valence-corrected chi connectivity index (χ1v) is 4.70. The molecule has 0 spiro atoms. The lowest BCUT2D eigenvalue weighted by atomic mass is 10.2. The van der Waals surface area contributed by atoms with Gasteiger partial charge in [0.05, 0.1) is 7.05 Å². The third kappa shape index (κ3) is 1.63. The molecule has 0 fully saturated rings. The predicted octanol–water partition coefficient (Wildman–Crippen LogP) is 1.56. The molecular formula is C10H11ClN3+. The molecule has 0 saturated carbocycles. The Morgan fingerprint density at radius 3 is 2.43 bits per heavy atom. The lowest BCUT2D eigenvalue weighted by molar-refractivity contribution is -0.728. The zero-order chi connectivity index (χ0) is 10.1. The second-order valence-corrected chi connectivity index (χ2v) is 3.67. The maximum absolute atomic E-state index is 5.81. The van der Waals surface area contributed by atoms with Crippen LogP contribution in [0.2, 0.25) is 5.02 Å². The molecule has 0 amide bonds. The molecule has 14 heavy (non-hydrogen) atoms. The lowest BCUT2D eigenvalue weighted by Crippen LogP contribution is -2.28. The van der Waals surface area contributed by atoms with Gasteiger partial charge in [0.25, 0.3) is 12.2 Å². The highest BCUT2D eigenvalue weighted by Gasteiger charge is 2.11. The molecule has 0 N–H and O–H groups in total. The van der Waals surface area contributed by atoms with E-state index >= 15 is 0 Å². The van der Waals surface area contributed by atoms with E-state index in [-0.39, 0.29) is 0 Å². The topological polar surface area (TPSA) is 21.7 Å². The molecule has 4 heteroatoms. The van der Waals surface area contributed by atoms with Crippen LogP contribution >= 0.6 is 11.6 Å². The fourth-order valence-corrected chi connectivity index (χ4v) is 1.54. The number of hydrogen-bond donors (Lipinski definition) is 0. The molecule has 2 aromatic rings. The molecule has 2 rings (SSSR count). The Balaban J connectivity index is 2.49. The van der Waals surface area contributed by atoms with E-state index in [0.717, 1.165) is 16.4 Å². The maximum atomic E-state index is 5.81. The van der Waals surface area contributed by atoms with E-state index in [1.54, 1.807) is 4.68 Å². The fraction of sp³-hybridized carbons (Fsp3) is 0.200. The summed E-state index contributed by atoms with van der Waals surface area (Å²) in [5.41, 5.74) is 1.07. The molecule has 0 saturated heterocycles. The summed E-state index contributed by atoms with van der Waals surface area (Å²) in [5.74, 6) is 0.934. The normalized spacial score (nSPS) is 10.5. The molecule has 1 aromatic heterocycles. The minimum atomic E-state index is 0.743. The van der Waals surface area contributed by atoms with Crippen LogP contribution in [0.3, 0.4) is 0 Å². The highest BCUT2D eigenvalue weighted by molar-refractivity contribution is 6.30. The predicted molar refractivity (Wildman–Crippen MR) is 54.8 cm³/mol. The molecule has 1 aromatic carbocycles. The molecule has 0 aliphatic rings. The number of benzene rings is 1. The zero-order valence-corrected chi connectivity index (χ0v) is 8.86. The quantitative estimate of drug-likeness (QED) is 0.652. The van der Waals surface area contributed by atoms with Crippen LogP contribution in [0.4, 0.5) is 0 Å². The van der Waals surface area contributed by atoms with Crippen molar-refractivity contribution in [1.82, 2.24) is 9.67 Å². The van der Waals surface area contributed by atoms with E-state index in [9.17, 15) is 0 Å². The number of halogens is 1. The molecule has 0 bridgehead atoms. The number of hydrogen-bond acceptors (Lipinski definition) is 1. The van der Waals surface area contributed by atoms with E-state index in [4.69, 9.17) is 11.6 Å². The van der Waals surface area contributed by atoms with Gasteiger partial charge in [0.2, 0.25) is 0 Å². The highest BCUT2D eigenvalue weighted by Crippen LogP contribution is 2.17. The third-order valence-electron chi connectivity index (χ3n) is 2.03. The minimum Gasteiger partial charge on any atom is -0.215 e. The van der Waals surface area contributed by atoms with Gasteiger partial charge in [-0.25, -0.2) is 4.57 Å². The lowest BCUT2D eigenvalue weighted by Gasteiger charge is -1.94. The van der Waals surface area contributed by atoms with Gasteiger partial charge in [-0.1, -0.05) is 11.6 Å². The largest absolute Gasteiger partial charge is 0.267 e. The van der Waals surface area contributed by atoms with Gasteiger partial charge in [-0.15, -0.1) is 4.68 Å². The van der Waals surface area contributed by atoms with Gasteiger partial charge in [0.15, 0.2) is 0 Å². The smallest absolute Gasteiger partial charge is 0.215 e. The third-order valence-corrected chi connectivity index (χ3v) is 2.28. The Morgan fingerprint density at radius 2 is 1.93 bits per heavy atom. The van der Waals surface area contributed by atoms with Crippen molar-refractivity contribution in [3.63, 3.8) is 0 Å². The van der Waals surface area contributed by atoms with E-state index in [1.807, 2.05) is 49.3 Å². The van der Waals surface area contributed by atoms with Gasteiger partial charge in [-0.05, 0) is 29.4 Å². The highest BCUT2D eigenvalue weighted by atomic mass is 35.5. The number of rotatable bonds is 1. The molecule has 3 nitrogen and oxygen atoms in total. The van der Waals surface area contributed by atoms with Gasteiger partial charge in [-0.3, -0.25) is 0 Å². The van der Waals surface area contributed by atoms with Crippen LogP contribution in [0.1, 0.15) is 0 Å². The summed E-state index contributed by atoms with van der Waals surface area (Å²) in [6, 6.07) is 7.66. The SMILES string of the molecule is Cn1c[n+](C)nc1-c1ccc(Cl)cc1. The molecular weight excluding hydrogens is 198 g/mol. The van der Waals surface area contributed by atoms with Crippen molar-refractivity contribution in [3.05, 3.63) is 35.6 Å². The molecule has 1 heterocycles. The first kappa shape index (κ1) is 9.21. The van der Waals surface area contributed by atoms with E-state index in [0.29, 0.717) is 0 Å². The molecule has 72 valence electrons. The molecule has 0 aliphatic heterocycles. The molecule has 0 aliphatic carbocycles. The standard InChI is InChI=1S/C10H11ClN3/c1-13-7-14(2)12-10(13)8-3-5-9(11)6-4-8/h3-7H,1-2H3/q+1. The summed E-state index contributed by atoms with van der Waals surface area (Å²) in [5, 5.41) is 5.09. The number of aromatic nitrogens is 3. The van der Waals surface area contributed by atoms with Gasteiger partial charge in [0.1, 0.15) is 7.05 Å². The first-order valence-electron chi connectivity index (χ1n) is 4.32. The summed E-state index contributed by atoms with van der Waals surface area (Å²) in [6.45, 7) is 0. The second kappa shape index (κ2) is 3.42. The summed E-state index contributed by atoms with van der Waals surface area (Å²) in [6.07, 6.45) is 1.92. The summed E-state index contributed by atoms with van der Waals surface area (Å²) >= 11 is 5.81. The van der Waals surface area contributed by atoms with Crippen LogP contribution in [-0.2, 0) is 14.1 Å². The summed E-state index contributed by atoms with van der Waals surface area (Å²) < 4.78 is 3.76. The van der Waals surface area contributed by atoms with Crippen molar-refractivity contribution in [1.29, 1.82) is 0 Å². The van der Waals surface area contributed by atoms with Gasteiger partial charge in [0, 0.05) is 10.6 Å². The van der Waals surface area contributed by atoms with Crippen LogP contribution in [0.5, 0.6) is 0 Å². The zero-order valence-electron chi connectivity index (χ0n) is 8.11. The van der Waals surface area contributed by atoms with E-state index < -0.39 is 0 Å². The summed E-state index contributed by atoms with van der Waals surface area (Å²) in [4.78, 5) is 0. The van der Waals surface area contributed by atoms with Crippen molar-refractivity contribution in [2.24, 2.45) is 14.1 Å². The fourth-order valence-electron chi connectivity index (χ4n) is 1.41. The second-order valence-electron chi connectivity index (χ2n) is 3.23. The summed E-state index contributed by atoms with van der Waals surface area (Å²) in [7, 11) is 3.87. The molecule has 0 atom stereocenters. The van der Waals surface area contributed by atoms with Crippen LogP contribution in [-0.4, -0.2) is 9.67 Å². The van der Waals surface area contributed by atoms with Crippen molar-refractivity contribution in [2.75, 3.05) is 0 Å². The average Bonchev–Trinajstić information content (AvgIpc) is 2.47. The van der Waals surface area contributed by atoms with Crippen LogP contribution < -0.4 is 4.68 Å². The molecule has 0 radical (unpaired) electrons. The van der Waals surface area contributed by atoms with Gasteiger partial charge < -0.3 is 0 Å². The Morgan fingerprint density at radius 1 is 1.29 bits per heavy atom. The number of nitrogens with zero attached hydrogens (tertiary/aromatic N) is 3. The Bertz CT molecular complexity index is 445. The van der Waals surface area contributed by atoms with Crippen molar-refractivity contribution in [2.45, 2.75) is 0 Å². The number of aryl methyl sites for hydroxylation is 2. The Hall–Kier alpha value is -1.35. The maximum Gasteiger partial charge on any atom is 0.267 e. The van der Waals surface area contributed by atoms with Gasteiger partial charge in [-0.2, -0.15) is 0 Å². The minimum absolute atomic E-state index is 0.743. The molecule has 0 unspecified atom stereocenters. The average molecular weight is 209 g/mol. The van der Waals surface area contributed by atoms with E-state index in [1.165, 1.54) is 0 Å². The Labute approximate surface area is 87.6 Å². The van der Waals surface area contributed by atoms with Crippen molar-refractivity contribution < 1.29 is 4.68 Å². The first-order chi connectivity index (χ1) is 6.66.